The van der Waals surface area contributed by atoms with Crippen LogP contribution in [-0.2, 0) is 26.7 Å². The second-order valence-electron chi connectivity index (χ2n) is 13.0. The normalized spacial score (nSPS) is 11.5. The highest BCUT2D eigenvalue weighted by Gasteiger charge is 2.23. The van der Waals surface area contributed by atoms with Gasteiger partial charge in [-0.1, -0.05) is 12.2 Å². The number of nitrogens with two attached hydrogens (primary N) is 1. The molecule has 0 bridgehead atoms. The number of fused-ring (bicyclic) bond motifs is 2. The number of primary amides is 1. The number of nitrogens with zero attached hydrogens (tertiary/aromatic N) is 8. The number of carbonyl (C=O) groups excluding carboxylic acids is 4. The van der Waals surface area contributed by atoms with E-state index in [-0.39, 0.29) is 30.5 Å². The third-order valence-electron chi connectivity index (χ3n) is 9.07. The molecule has 0 fully saturated rings. The van der Waals surface area contributed by atoms with Crippen molar-refractivity contribution in [3.05, 3.63) is 82.5 Å². The van der Waals surface area contributed by atoms with Crippen LogP contribution in [0.1, 0.15) is 66.3 Å². The Morgan fingerprint density at radius 3 is 2.16 bits per heavy atom. The van der Waals surface area contributed by atoms with Gasteiger partial charge in [0, 0.05) is 37.8 Å². The highest BCUT2D eigenvalue weighted by molar-refractivity contribution is 6.05. The molecule has 18 heteroatoms. The Labute approximate surface area is 321 Å². The van der Waals surface area contributed by atoms with Gasteiger partial charge in [-0.3, -0.25) is 39.2 Å². The zero-order valence-electron chi connectivity index (χ0n) is 32.0. The van der Waals surface area contributed by atoms with Gasteiger partial charge in [0.15, 0.2) is 0 Å². The standard InChI is InChI=1S/C38H44N12O6/c1-7-50-28(15-23(3)46-50)35(53)44-37-43-27-18-25(34(39)52)19-29(55-6)32(27)48(37)12-8-9-13-49-33-26(16-24(21-51)17-30(33)56-14-10-11-40-4)42-38(49)45-36(54)31-22(2)20-41-47(31)5/h8-9,15-21,40H,7,10-14H2,1-6H3,(H2,39,52)(H,42,45,54)(H,43,44,53)/b9-8+. The molecule has 0 atom stereocenters. The van der Waals surface area contributed by atoms with Crippen LogP contribution in [0.25, 0.3) is 22.1 Å². The number of ether oxygens (including phenoxy) is 2. The topological polar surface area (TPSA) is 220 Å². The van der Waals surface area contributed by atoms with Gasteiger partial charge in [-0.25, -0.2) is 9.97 Å². The van der Waals surface area contributed by atoms with Crippen molar-refractivity contribution < 1.29 is 28.7 Å². The van der Waals surface area contributed by atoms with Crippen molar-refractivity contribution in [2.45, 2.75) is 46.8 Å². The number of allylic oxidation sites excluding steroid dienone is 2. The zero-order valence-corrected chi connectivity index (χ0v) is 32.0. The van der Waals surface area contributed by atoms with E-state index in [1.54, 1.807) is 65.2 Å². The van der Waals surface area contributed by atoms with Crippen LogP contribution in [0, 0.1) is 13.8 Å². The number of nitrogens with one attached hydrogen (secondary N) is 3. The molecule has 5 N–H and O–H groups in total. The minimum atomic E-state index is -0.660. The number of rotatable bonds is 17. The van der Waals surface area contributed by atoms with Crippen LogP contribution in [0.3, 0.4) is 0 Å². The van der Waals surface area contributed by atoms with Gasteiger partial charge in [0.05, 0.1) is 36.6 Å². The number of aryl methyl sites for hydroxylation is 4. The molecule has 0 spiro atoms. The van der Waals surface area contributed by atoms with Crippen LogP contribution in [0.5, 0.6) is 11.5 Å². The van der Waals surface area contributed by atoms with Crippen molar-refractivity contribution in [1.82, 2.24) is 44.0 Å². The molecular weight excluding hydrogens is 720 g/mol. The quantitative estimate of drug-likeness (QED) is 0.0597. The summed E-state index contributed by atoms with van der Waals surface area (Å²) in [5.74, 6) is -0.317. The lowest BCUT2D eigenvalue weighted by Crippen LogP contribution is -2.20. The fraction of sp³-hybridized carbons (Fsp3) is 0.316. The molecule has 0 unspecified atom stereocenters. The predicted molar refractivity (Wildman–Crippen MR) is 210 cm³/mol. The van der Waals surface area contributed by atoms with Crippen LogP contribution >= 0.6 is 0 Å². The summed E-state index contributed by atoms with van der Waals surface area (Å²) < 4.78 is 18.5. The third kappa shape index (κ3) is 7.85. The Balaban J connectivity index is 1.40. The number of aldehydes is 1. The number of hydrogen-bond acceptors (Lipinski definition) is 11. The number of imidazole rings is 2. The van der Waals surface area contributed by atoms with Crippen LogP contribution in [0.4, 0.5) is 11.9 Å². The van der Waals surface area contributed by atoms with Gasteiger partial charge in [0.25, 0.3) is 11.8 Å². The zero-order chi connectivity index (χ0) is 40.1. The lowest BCUT2D eigenvalue weighted by Gasteiger charge is -2.13. The molecule has 0 aliphatic heterocycles. The van der Waals surface area contributed by atoms with Crippen molar-refractivity contribution in [2.24, 2.45) is 12.8 Å². The molecular formula is C38H44N12O6. The Morgan fingerprint density at radius 2 is 1.57 bits per heavy atom. The van der Waals surface area contributed by atoms with Crippen LogP contribution in [-0.4, -0.2) is 90.0 Å². The van der Waals surface area contributed by atoms with Crippen molar-refractivity contribution >= 4 is 58.0 Å². The maximum atomic E-state index is 13.6. The van der Waals surface area contributed by atoms with Crippen LogP contribution < -0.4 is 31.2 Å². The van der Waals surface area contributed by atoms with E-state index in [9.17, 15) is 19.2 Å². The van der Waals surface area contributed by atoms with Crippen LogP contribution in [0.2, 0.25) is 0 Å². The number of carbonyl (C=O) groups is 4. The maximum Gasteiger partial charge on any atom is 0.276 e. The number of amides is 3. The van der Waals surface area contributed by atoms with Gasteiger partial charge >= 0.3 is 0 Å². The molecule has 4 aromatic heterocycles. The lowest BCUT2D eigenvalue weighted by atomic mass is 10.1. The summed E-state index contributed by atoms with van der Waals surface area (Å²) >= 11 is 0. The Hall–Kier alpha value is -6.82. The summed E-state index contributed by atoms with van der Waals surface area (Å²) in [7, 11) is 5.00. The first kappa shape index (κ1) is 38.9. The minimum Gasteiger partial charge on any atom is -0.494 e. The van der Waals surface area contributed by atoms with E-state index < -0.39 is 17.7 Å². The van der Waals surface area contributed by atoms with E-state index >= 15 is 0 Å². The van der Waals surface area contributed by atoms with E-state index in [1.807, 2.05) is 26.1 Å². The van der Waals surface area contributed by atoms with Gasteiger partial charge in [0.1, 0.15) is 40.2 Å². The van der Waals surface area contributed by atoms with Crippen molar-refractivity contribution in [3.63, 3.8) is 0 Å². The van der Waals surface area contributed by atoms with Crippen molar-refractivity contribution in [2.75, 3.05) is 37.9 Å². The van der Waals surface area contributed by atoms with Gasteiger partial charge in [-0.15, -0.1) is 0 Å². The van der Waals surface area contributed by atoms with Gasteiger partial charge in [-0.2, -0.15) is 10.2 Å². The molecule has 0 aliphatic carbocycles. The fourth-order valence-corrected chi connectivity index (χ4v) is 6.46. The summed E-state index contributed by atoms with van der Waals surface area (Å²) in [4.78, 5) is 60.7. The Morgan fingerprint density at radius 1 is 0.911 bits per heavy atom. The van der Waals surface area contributed by atoms with E-state index in [0.717, 1.165) is 12.8 Å². The molecule has 6 rings (SSSR count). The SMILES string of the molecule is CCn1nc(C)cc1C(=O)Nc1nc2cc(C(N)=O)cc(OC)c2n1C/C=C/Cn1c(NC(=O)c2c(C)cnn2C)nc2cc(C=O)cc(OCCCNC)c21. The van der Waals surface area contributed by atoms with Gasteiger partial charge in [-0.05, 0) is 76.7 Å². The number of methoxy groups -OCH3 is 1. The summed E-state index contributed by atoms with van der Waals surface area (Å²) in [6.07, 6.45) is 6.76. The number of aromatic nitrogens is 8. The van der Waals surface area contributed by atoms with Crippen molar-refractivity contribution in [3.8, 4) is 11.5 Å². The summed E-state index contributed by atoms with van der Waals surface area (Å²) in [6.45, 7) is 7.46. The fourth-order valence-electron chi connectivity index (χ4n) is 6.46. The first-order valence-electron chi connectivity index (χ1n) is 17.9. The van der Waals surface area contributed by atoms with Gasteiger partial charge in [0.2, 0.25) is 17.8 Å². The number of anilines is 2. The minimum absolute atomic E-state index is 0.190. The van der Waals surface area contributed by atoms with E-state index in [2.05, 4.69) is 31.1 Å². The molecule has 18 nitrogen and oxygen atoms in total. The number of hydrogen-bond donors (Lipinski definition) is 4. The molecule has 0 saturated carbocycles. The predicted octanol–water partition coefficient (Wildman–Crippen LogP) is 3.62. The Bertz CT molecular complexity index is 2470. The summed E-state index contributed by atoms with van der Waals surface area (Å²) in [5, 5.41) is 17.5. The molecule has 292 valence electrons. The first-order valence-corrected chi connectivity index (χ1v) is 17.9. The van der Waals surface area contributed by atoms with E-state index in [4.69, 9.17) is 20.2 Å². The van der Waals surface area contributed by atoms with Crippen LogP contribution in [0.15, 0.2) is 48.7 Å². The molecule has 3 amide bonds. The third-order valence-corrected chi connectivity index (χ3v) is 9.07. The Kier molecular flexibility index (Phi) is 11.6. The summed E-state index contributed by atoms with van der Waals surface area (Å²) in [6, 6.07) is 8.04. The van der Waals surface area contributed by atoms with E-state index in [1.165, 1.54) is 17.9 Å². The average molecular weight is 765 g/mol. The highest BCUT2D eigenvalue weighted by Crippen LogP contribution is 2.33. The monoisotopic (exact) mass is 764 g/mol. The number of benzene rings is 2. The smallest absolute Gasteiger partial charge is 0.276 e. The molecule has 56 heavy (non-hydrogen) atoms. The average Bonchev–Trinajstić information content (AvgIpc) is 3.93. The maximum absolute atomic E-state index is 13.6. The molecule has 0 saturated heterocycles. The molecule has 4 heterocycles. The second-order valence-corrected chi connectivity index (χ2v) is 13.0. The molecule has 6 aromatic rings. The van der Waals surface area contributed by atoms with E-state index in [0.29, 0.717) is 81.3 Å². The van der Waals surface area contributed by atoms with Crippen molar-refractivity contribution in [1.29, 1.82) is 0 Å². The molecule has 0 aliphatic rings. The molecule has 0 radical (unpaired) electrons. The highest BCUT2D eigenvalue weighted by atomic mass is 16.5. The second kappa shape index (κ2) is 16.7. The largest absolute Gasteiger partial charge is 0.494 e. The first-order chi connectivity index (χ1) is 27.0. The van der Waals surface area contributed by atoms with Gasteiger partial charge < -0.3 is 29.7 Å². The lowest BCUT2D eigenvalue weighted by molar-refractivity contribution is 0.0994. The summed E-state index contributed by atoms with van der Waals surface area (Å²) in [5.41, 5.74) is 10.2. The molecule has 2 aromatic carbocycles.